The third-order valence-corrected chi connectivity index (χ3v) is 5.22. The van der Waals surface area contributed by atoms with E-state index in [1.54, 1.807) is 38.6 Å². The van der Waals surface area contributed by atoms with Gasteiger partial charge in [-0.15, -0.1) is 0 Å². The van der Waals surface area contributed by atoms with Crippen LogP contribution >= 0.6 is 0 Å². The van der Waals surface area contributed by atoms with E-state index in [1.807, 2.05) is 24.3 Å². The molecule has 0 aliphatic carbocycles. The minimum atomic E-state index is -0.0832. The molecule has 6 heteroatoms. The molecule has 1 aliphatic rings. The van der Waals surface area contributed by atoms with Crippen LogP contribution in [-0.4, -0.2) is 43.1 Å². The lowest BCUT2D eigenvalue weighted by Crippen LogP contribution is -2.39. The van der Waals surface area contributed by atoms with Gasteiger partial charge < -0.3 is 14.4 Å². The van der Waals surface area contributed by atoms with Gasteiger partial charge in [0.05, 0.1) is 31.4 Å². The summed E-state index contributed by atoms with van der Waals surface area (Å²) >= 11 is 0. The number of aromatic nitrogens is 2. The number of carbonyl (C=O) groups excluding carboxylic acids is 1. The average molecular weight is 377 g/mol. The largest absolute Gasteiger partial charge is 0.493 e. The Morgan fingerprint density at radius 3 is 2.64 bits per heavy atom. The number of benzene rings is 2. The van der Waals surface area contributed by atoms with Crippen molar-refractivity contribution in [3.8, 4) is 11.5 Å². The van der Waals surface area contributed by atoms with Crippen LogP contribution in [0, 0.1) is 5.92 Å². The predicted octanol–water partition coefficient (Wildman–Crippen LogP) is 3.75. The summed E-state index contributed by atoms with van der Waals surface area (Å²) < 4.78 is 10.6. The second kappa shape index (κ2) is 7.84. The molecule has 1 saturated heterocycles. The topological polar surface area (TPSA) is 64.5 Å². The molecule has 0 radical (unpaired) electrons. The molecule has 4 rings (SSSR count). The molecule has 0 saturated carbocycles. The maximum atomic E-state index is 13.1. The summed E-state index contributed by atoms with van der Waals surface area (Å²) in [4.78, 5) is 24.5. The molecular weight excluding hydrogens is 354 g/mol. The zero-order valence-corrected chi connectivity index (χ0v) is 16.1. The SMILES string of the molecule is COc1ccc(C(=O)[C@@H]2CCCN(c3cnc4ccccc4n3)C2)cc1OC. The molecule has 0 N–H and O–H groups in total. The van der Waals surface area contributed by atoms with Crippen LogP contribution in [0.4, 0.5) is 5.82 Å². The number of piperidine rings is 1. The number of ketones is 1. The summed E-state index contributed by atoms with van der Waals surface area (Å²) in [6.45, 7) is 1.52. The summed E-state index contributed by atoms with van der Waals surface area (Å²) in [5.41, 5.74) is 2.39. The Balaban J connectivity index is 1.55. The second-order valence-corrected chi connectivity index (χ2v) is 6.94. The molecule has 0 unspecified atom stereocenters. The fraction of sp³-hybridized carbons (Fsp3) is 0.318. The molecule has 2 heterocycles. The fourth-order valence-corrected chi connectivity index (χ4v) is 3.72. The molecule has 3 aromatic rings. The van der Waals surface area contributed by atoms with E-state index >= 15 is 0 Å². The molecular formula is C22H23N3O3. The molecule has 1 aromatic heterocycles. The van der Waals surface area contributed by atoms with Gasteiger partial charge in [-0.1, -0.05) is 12.1 Å². The minimum absolute atomic E-state index is 0.0832. The van der Waals surface area contributed by atoms with E-state index in [0.717, 1.165) is 36.2 Å². The van der Waals surface area contributed by atoms with Gasteiger partial charge in [0.1, 0.15) is 5.82 Å². The summed E-state index contributed by atoms with van der Waals surface area (Å²) in [7, 11) is 3.16. The van der Waals surface area contributed by atoms with Crippen LogP contribution in [0.3, 0.4) is 0 Å². The van der Waals surface area contributed by atoms with E-state index in [-0.39, 0.29) is 11.7 Å². The van der Waals surface area contributed by atoms with Crippen molar-refractivity contribution in [3.05, 3.63) is 54.2 Å². The Hall–Kier alpha value is -3.15. The van der Waals surface area contributed by atoms with Gasteiger partial charge in [0.2, 0.25) is 0 Å². The standard InChI is InChI=1S/C22H23N3O3/c1-27-19-10-9-15(12-20(19)28-2)22(26)16-6-5-11-25(14-16)21-13-23-17-7-3-4-8-18(17)24-21/h3-4,7-10,12-13,16H,5-6,11,14H2,1-2H3/t16-/m1/s1. The molecule has 0 bridgehead atoms. The van der Waals surface area contributed by atoms with E-state index < -0.39 is 0 Å². The van der Waals surface area contributed by atoms with Crippen molar-refractivity contribution in [2.45, 2.75) is 12.8 Å². The Labute approximate surface area is 164 Å². The van der Waals surface area contributed by atoms with E-state index in [2.05, 4.69) is 9.88 Å². The molecule has 28 heavy (non-hydrogen) atoms. The number of ether oxygens (including phenoxy) is 2. The van der Waals surface area contributed by atoms with E-state index in [9.17, 15) is 4.79 Å². The number of methoxy groups -OCH3 is 2. The first-order chi connectivity index (χ1) is 13.7. The van der Waals surface area contributed by atoms with E-state index in [4.69, 9.17) is 14.5 Å². The molecule has 144 valence electrons. The lowest BCUT2D eigenvalue weighted by atomic mass is 9.90. The van der Waals surface area contributed by atoms with Gasteiger partial charge in [0.15, 0.2) is 17.3 Å². The van der Waals surface area contributed by atoms with Crippen molar-refractivity contribution in [1.29, 1.82) is 0 Å². The van der Waals surface area contributed by atoms with Gasteiger partial charge in [-0.05, 0) is 43.2 Å². The van der Waals surface area contributed by atoms with Crippen LogP contribution in [0.2, 0.25) is 0 Å². The van der Waals surface area contributed by atoms with Gasteiger partial charge in [-0.25, -0.2) is 4.98 Å². The van der Waals surface area contributed by atoms with Crippen LogP contribution in [-0.2, 0) is 0 Å². The Morgan fingerprint density at radius 2 is 1.86 bits per heavy atom. The summed E-state index contributed by atoms with van der Waals surface area (Å²) in [6, 6.07) is 13.2. The van der Waals surface area contributed by atoms with Crippen molar-refractivity contribution in [1.82, 2.24) is 9.97 Å². The first-order valence-electron chi connectivity index (χ1n) is 9.42. The highest BCUT2D eigenvalue weighted by Gasteiger charge is 2.28. The third-order valence-electron chi connectivity index (χ3n) is 5.22. The number of Topliss-reactive ketones (excluding diaryl/α,β-unsaturated/α-hetero) is 1. The summed E-state index contributed by atoms with van der Waals surface area (Å²) in [6.07, 6.45) is 3.61. The maximum Gasteiger partial charge on any atom is 0.167 e. The lowest BCUT2D eigenvalue weighted by molar-refractivity contribution is 0.0906. The minimum Gasteiger partial charge on any atom is -0.493 e. The zero-order chi connectivity index (χ0) is 19.5. The average Bonchev–Trinajstić information content (AvgIpc) is 2.77. The number of fused-ring (bicyclic) bond motifs is 1. The number of rotatable bonds is 5. The quantitative estimate of drug-likeness (QED) is 0.631. The Kier molecular flexibility index (Phi) is 5.10. The highest BCUT2D eigenvalue weighted by molar-refractivity contribution is 5.99. The third kappa shape index (κ3) is 3.50. The van der Waals surface area contributed by atoms with Gasteiger partial charge >= 0.3 is 0 Å². The van der Waals surface area contributed by atoms with Gasteiger partial charge in [-0.2, -0.15) is 0 Å². The normalized spacial score (nSPS) is 16.8. The zero-order valence-electron chi connectivity index (χ0n) is 16.1. The van der Waals surface area contributed by atoms with E-state index in [1.165, 1.54) is 0 Å². The van der Waals surface area contributed by atoms with Crippen molar-refractivity contribution in [2.75, 3.05) is 32.2 Å². The van der Waals surface area contributed by atoms with Crippen LogP contribution in [0.5, 0.6) is 11.5 Å². The first-order valence-corrected chi connectivity index (χ1v) is 9.42. The Morgan fingerprint density at radius 1 is 1.07 bits per heavy atom. The Bertz CT molecular complexity index is 1010. The number of hydrogen-bond acceptors (Lipinski definition) is 6. The molecule has 0 spiro atoms. The van der Waals surface area contributed by atoms with Crippen molar-refractivity contribution < 1.29 is 14.3 Å². The van der Waals surface area contributed by atoms with Crippen LogP contribution < -0.4 is 14.4 Å². The van der Waals surface area contributed by atoms with Crippen molar-refractivity contribution >= 4 is 22.6 Å². The van der Waals surface area contributed by atoms with Crippen molar-refractivity contribution in [3.63, 3.8) is 0 Å². The highest BCUT2D eigenvalue weighted by atomic mass is 16.5. The predicted molar refractivity (Wildman–Crippen MR) is 108 cm³/mol. The molecule has 6 nitrogen and oxygen atoms in total. The number of anilines is 1. The number of para-hydroxylation sites is 2. The molecule has 2 aromatic carbocycles. The van der Waals surface area contributed by atoms with Gasteiger partial charge in [0, 0.05) is 24.6 Å². The van der Waals surface area contributed by atoms with Crippen LogP contribution in [0.25, 0.3) is 11.0 Å². The van der Waals surface area contributed by atoms with Crippen molar-refractivity contribution in [2.24, 2.45) is 5.92 Å². The second-order valence-electron chi connectivity index (χ2n) is 6.94. The van der Waals surface area contributed by atoms with Gasteiger partial charge in [0.25, 0.3) is 0 Å². The summed E-state index contributed by atoms with van der Waals surface area (Å²) in [5, 5.41) is 0. The van der Waals surface area contributed by atoms with Crippen LogP contribution in [0.1, 0.15) is 23.2 Å². The molecule has 1 aliphatic heterocycles. The van der Waals surface area contributed by atoms with Gasteiger partial charge in [-0.3, -0.25) is 9.78 Å². The number of hydrogen-bond donors (Lipinski definition) is 0. The smallest absolute Gasteiger partial charge is 0.167 e. The molecule has 1 atom stereocenters. The first kappa shape index (κ1) is 18.2. The summed E-state index contributed by atoms with van der Waals surface area (Å²) in [5.74, 6) is 2.06. The van der Waals surface area contributed by atoms with E-state index in [0.29, 0.717) is 23.6 Å². The fourth-order valence-electron chi connectivity index (χ4n) is 3.72. The number of nitrogens with zero attached hydrogens (tertiary/aromatic N) is 3. The highest BCUT2D eigenvalue weighted by Crippen LogP contribution is 2.30. The number of carbonyl (C=O) groups is 1. The maximum absolute atomic E-state index is 13.1. The monoisotopic (exact) mass is 377 g/mol. The molecule has 1 fully saturated rings. The van der Waals surface area contributed by atoms with Crippen LogP contribution in [0.15, 0.2) is 48.7 Å². The molecule has 0 amide bonds. The lowest BCUT2D eigenvalue weighted by Gasteiger charge is -2.32.